The smallest absolute Gasteiger partial charge is 0.301 e. The third-order valence-corrected chi connectivity index (χ3v) is 6.66. The molecule has 0 aliphatic heterocycles. The van der Waals surface area contributed by atoms with E-state index < -0.39 is 58.9 Å². The topological polar surface area (TPSA) is 183 Å². The van der Waals surface area contributed by atoms with Crippen LogP contribution in [-0.4, -0.2) is 57.9 Å². The summed E-state index contributed by atoms with van der Waals surface area (Å²) in [6.07, 6.45) is 0.168. The predicted octanol–water partition coefficient (Wildman–Crippen LogP) is -0.349. The van der Waals surface area contributed by atoms with E-state index in [0.717, 1.165) is 6.07 Å². The zero-order valence-corrected chi connectivity index (χ0v) is 14.2. The van der Waals surface area contributed by atoms with Gasteiger partial charge in [-0.3, -0.25) is 18.7 Å². The molecule has 1 aromatic carbocycles. The van der Waals surface area contributed by atoms with Crippen LogP contribution in [0, 0.1) is 0 Å². The van der Waals surface area contributed by atoms with Gasteiger partial charge in [-0.2, -0.15) is 16.8 Å². The highest BCUT2D eigenvalue weighted by atomic mass is 32.2. The molecule has 26 heavy (non-hydrogen) atoms. The summed E-state index contributed by atoms with van der Waals surface area (Å²) in [4.78, 5) is 21.4. The molecule has 2 atom stereocenters. The van der Waals surface area contributed by atoms with Crippen LogP contribution in [0.4, 0.5) is 0 Å². The molecule has 0 amide bonds. The number of Topliss-reactive ketones (excluding diaryl/α,β-unsaturated/α-hetero) is 2. The van der Waals surface area contributed by atoms with Crippen LogP contribution < -0.4 is 0 Å². The second kappa shape index (κ2) is 5.31. The van der Waals surface area contributed by atoms with Gasteiger partial charge >= 0.3 is 10.1 Å². The van der Waals surface area contributed by atoms with Gasteiger partial charge < -0.3 is 10.2 Å². The first-order valence-corrected chi connectivity index (χ1v) is 9.76. The minimum atomic E-state index is -5.78. The molecule has 4 N–H and O–H groups in total. The van der Waals surface area contributed by atoms with Crippen molar-refractivity contribution in [3.63, 3.8) is 0 Å². The van der Waals surface area contributed by atoms with Crippen LogP contribution in [0.2, 0.25) is 0 Å². The number of carbonyl (C=O) groups excluding carboxylic acids is 2. The molecule has 0 saturated heterocycles. The van der Waals surface area contributed by atoms with Crippen molar-refractivity contribution in [2.45, 2.75) is 10.2 Å². The van der Waals surface area contributed by atoms with E-state index in [1.54, 1.807) is 0 Å². The Labute approximate surface area is 146 Å². The molecule has 0 bridgehead atoms. The molecule has 0 spiro atoms. The molecule has 0 aromatic heterocycles. The summed E-state index contributed by atoms with van der Waals surface area (Å²) in [7, 11) is -11.2. The van der Waals surface area contributed by atoms with E-state index in [-0.39, 0.29) is 17.2 Å². The predicted molar refractivity (Wildman–Crippen MR) is 84.7 cm³/mol. The highest BCUT2D eigenvalue weighted by molar-refractivity contribution is 7.91. The van der Waals surface area contributed by atoms with Gasteiger partial charge in [-0.05, 0) is 6.08 Å². The summed E-state index contributed by atoms with van der Waals surface area (Å²) in [5.74, 6) is -3.51. The first-order valence-electron chi connectivity index (χ1n) is 6.82. The molecule has 2 unspecified atom stereocenters. The van der Waals surface area contributed by atoms with Crippen LogP contribution >= 0.6 is 0 Å². The molecule has 0 radical (unpaired) electrons. The SMILES string of the molecule is O=C1C2=C(C(=O)c3ccccc31)C(O)(S(=O)(=O)O)C(S(=O)(=O)O)C=C2O. The van der Waals surface area contributed by atoms with Gasteiger partial charge in [0.05, 0.1) is 11.1 Å². The van der Waals surface area contributed by atoms with Crippen molar-refractivity contribution < 1.29 is 45.7 Å². The van der Waals surface area contributed by atoms with Crippen LogP contribution in [-0.2, 0) is 20.2 Å². The Kier molecular flexibility index (Phi) is 3.76. The summed E-state index contributed by atoms with van der Waals surface area (Å²) in [5.41, 5.74) is -2.93. The van der Waals surface area contributed by atoms with Crippen molar-refractivity contribution in [2.24, 2.45) is 0 Å². The Morgan fingerprint density at radius 2 is 1.42 bits per heavy atom. The van der Waals surface area contributed by atoms with Gasteiger partial charge in [0, 0.05) is 11.1 Å². The van der Waals surface area contributed by atoms with E-state index in [9.17, 15) is 45.7 Å². The summed E-state index contributed by atoms with van der Waals surface area (Å²) in [6.45, 7) is 0. The number of allylic oxidation sites excluding steroid dienone is 1. The molecule has 0 saturated carbocycles. The van der Waals surface area contributed by atoms with Crippen molar-refractivity contribution >= 4 is 31.8 Å². The number of ketones is 2. The second-order valence-electron chi connectivity index (χ2n) is 5.61. The summed E-state index contributed by atoms with van der Waals surface area (Å²) in [5, 5.41) is 17.7. The first-order chi connectivity index (χ1) is 11.8. The number of rotatable bonds is 2. The molecule has 2 aliphatic rings. The summed E-state index contributed by atoms with van der Waals surface area (Å²) in [6, 6.07) is 5.02. The molecule has 2 aliphatic carbocycles. The molecule has 10 nitrogen and oxygen atoms in total. The molecular weight excluding hydrogens is 392 g/mol. The number of hydrogen-bond acceptors (Lipinski definition) is 8. The third-order valence-electron chi connectivity index (χ3n) is 4.14. The number of fused-ring (bicyclic) bond motifs is 1. The van der Waals surface area contributed by atoms with Crippen molar-refractivity contribution in [1.29, 1.82) is 0 Å². The lowest BCUT2D eigenvalue weighted by Crippen LogP contribution is -2.58. The van der Waals surface area contributed by atoms with E-state index in [4.69, 9.17) is 0 Å². The molecule has 3 rings (SSSR count). The fourth-order valence-electron chi connectivity index (χ4n) is 3.01. The quantitative estimate of drug-likeness (QED) is 0.477. The first kappa shape index (κ1) is 18.4. The van der Waals surface area contributed by atoms with Crippen LogP contribution in [0.1, 0.15) is 20.7 Å². The van der Waals surface area contributed by atoms with Crippen molar-refractivity contribution in [2.75, 3.05) is 0 Å². The second-order valence-corrected chi connectivity index (χ2v) is 8.72. The number of aliphatic hydroxyl groups is 2. The van der Waals surface area contributed by atoms with E-state index in [1.807, 2.05) is 0 Å². The highest BCUT2D eigenvalue weighted by Gasteiger charge is 2.63. The number of carbonyl (C=O) groups is 2. The standard InChI is InChI=1S/C14H10O10S2/c15-8-5-9(25(19,20)21)14(18,26(22,23)24)11-10(8)12(16)6-3-1-2-4-7(6)13(11)17/h1-5,9,15,18H,(H,19,20,21)(H,22,23,24). The molecule has 0 fully saturated rings. The van der Waals surface area contributed by atoms with Gasteiger partial charge in [0.15, 0.2) is 16.8 Å². The normalized spacial score (nSPS) is 26.3. The third kappa shape index (κ3) is 2.27. The number of hydrogen-bond donors (Lipinski definition) is 4. The monoisotopic (exact) mass is 402 g/mol. The number of aliphatic hydroxyl groups excluding tert-OH is 1. The Morgan fingerprint density at radius 3 is 1.88 bits per heavy atom. The largest absolute Gasteiger partial charge is 0.507 e. The lowest BCUT2D eigenvalue weighted by Gasteiger charge is -2.37. The Balaban J connectivity index is 2.47. The van der Waals surface area contributed by atoms with Gasteiger partial charge in [0.25, 0.3) is 10.1 Å². The van der Waals surface area contributed by atoms with Gasteiger partial charge in [0.2, 0.25) is 4.93 Å². The minimum absolute atomic E-state index is 0.168. The maximum atomic E-state index is 12.7. The fourth-order valence-corrected chi connectivity index (χ4v) is 5.37. The van der Waals surface area contributed by atoms with Gasteiger partial charge in [-0.25, -0.2) is 0 Å². The average molecular weight is 402 g/mol. The van der Waals surface area contributed by atoms with Gasteiger partial charge in [-0.15, -0.1) is 0 Å². The maximum Gasteiger partial charge on any atom is 0.301 e. The summed E-state index contributed by atoms with van der Waals surface area (Å²) >= 11 is 0. The highest BCUT2D eigenvalue weighted by Crippen LogP contribution is 2.44. The Bertz CT molecular complexity index is 1140. The van der Waals surface area contributed by atoms with Gasteiger partial charge in [0.1, 0.15) is 5.76 Å². The Hall–Kier alpha value is -2.38. The molecule has 0 heterocycles. The minimum Gasteiger partial charge on any atom is -0.507 e. The van der Waals surface area contributed by atoms with Crippen LogP contribution in [0.15, 0.2) is 47.2 Å². The van der Waals surface area contributed by atoms with E-state index in [2.05, 4.69) is 0 Å². The molecule has 1 aromatic rings. The molecule has 138 valence electrons. The van der Waals surface area contributed by atoms with Crippen LogP contribution in [0.5, 0.6) is 0 Å². The lowest BCUT2D eigenvalue weighted by molar-refractivity contribution is 0.0879. The van der Waals surface area contributed by atoms with E-state index in [0.29, 0.717) is 0 Å². The zero-order valence-electron chi connectivity index (χ0n) is 12.5. The molecule has 12 heteroatoms. The van der Waals surface area contributed by atoms with E-state index >= 15 is 0 Å². The van der Waals surface area contributed by atoms with Crippen molar-refractivity contribution in [3.05, 3.63) is 58.4 Å². The maximum absolute atomic E-state index is 12.7. The number of benzene rings is 1. The Morgan fingerprint density at radius 1 is 0.923 bits per heavy atom. The molecular formula is C14H10O10S2. The lowest BCUT2D eigenvalue weighted by atomic mass is 9.77. The van der Waals surface area contributed by atoms with E-state index in [1.165, 1.54) is 18.2 Å². The van der Waals surface area contributed by atoms with Gasteiger partial charge in [-0.1, -0.05) is 24.3 Å². The van der Waals surface area contributed by atoms with Crippen LogP contribution in [0.3, 0.4) is 0 Å². The van der Waals surface area contributed by atoms with Crippen molar-refractivity contribution in [3.8, 4) is 0 Å². The average Bonchev–Trinajstić information content (AvgIpc) is 2.52. The van der Waals surface area contributed by atoms with Crippen molar-refractivity contribution in [1.82, 2.24) is 0 Å². The van der Waals surface area contributed by atoms with Crippen LogP contribution in [0.25, 0.3) is 0 Å². The summed E-state index contributed by atoms with van der Waals surface area (Å²) < 4.78 is 65.4. The zero-order chi connectivity index (χ0) is 19.7. The fraction of sp³-hybridized carbons (Fsp3) is 0.143.